The van der Waals surface area contributed by atoms with Gasteiger partial charge in [-0.1, -0.05) is 48.5 Å². The highest BCUT2D eigenvalue weighted by Crippen LogP contribution is 2.24. The van der Waals surface area contributed by atoms with Crippen molar-refractivity contribution in [3.05, 3.63) is 70.8 Å². The predicted molar refractivity (Wildman–Crippen MR) is 111 cm³/mol. The Morgan fingerprint density at radius 2 is 1.69 bits per heavy atom. The van der Waals surface area contributed by atoms with Gasteiger partial charge in [0.15, 0.2) is 0 Å². The number of nitrogens with zero attached hydrogens (tertiary/aromatic N) is 1. The average Bonchev–Trinajstić information content (AvgIpc) is 2.61. The van der Waals surface area contributed by atoms with Crippen molar-refractivity contribution in [2.24, 2.45) is 0 Å². The molecule has 26 heavy (non-hydrogen) atoms. The zero-order chi connectivity index (χ0) is 19.2. The van der Waals surface area contributed by atoms with Crippen LogP contribution < -0.4 is 0 Å². The Bertz CT molecular complexity index is 675. The third kappa shape index (κ3) is 6.12. The fourth-order valence-electron chi connectivity index (χ4n) is 2.98. The van der Waals surface area contributed by atoms with Crippen molar-refractivity contribution in [3.8, 4) is 0 Å². The molecule has 1 unspecified atom stereocenters. The zero-order valence-electron chi connectivity index (χ0n) is 16.8. The number of aryl methyl sites for hydroxylation is 2. The minimum Gasteiger partial charge on any atom is -0.291 e. The number of halogens is 1. The van der Waals surface area contributed by atoms with Gasteiger partial charge in [-0.25, -0.2) is 0 Å². The van der Waals surface area contributed by atoms with Gasteiger partial charge in [-0.05, 0) is 69.7 Å². The van der Waals surface area contributed by atoms with E-state index in [1.165, 1.54) is 16.7 Å². The van der Waals surface area contributed by atoms with Crippen molar-refractivity contribution in [1.82, 2.24) is 5.06 Å². The molecule has 0 aliphatic carbocycles. The first-order valence-corrected chi connectivity index (χ1v) is 9.98. The molecule has 2 aromatic carbocycles. The topological polar surface area (TPSA) is 12.5 Å². The fraction of sp³-hybridized carbons (Fsp3) is 0.478. The smallest absolute Gasteiger partial charge is 0.101 e. The number of hydroxylamine groups is 2. The number of rotatable bonds is 8. The second-order valence-corrected chi connectivity index (χ2v) is 8.19. The number of benzene rings is 2. The minimum absolute atomic E-state index is 0.0112. The molecule has 1 atom stereocenters. The summed E-state index contributed by atoms with van der Waals surface area (Å²) in [5.41, 5.74) is 5.05. The van der Waals surface area contributed by atoms with Crippen LogP contribution in [0.5, 0.6) is 0 Å². The lowest BCUT2D eigenvalue weighted by Crippen LogP contribution is -2.42. The van der Waals surface area contributed by atoms with E-state index in [4.69, 9.17) is 16.4 Å². The van der Waals surface area contributed by atoms with Crippen molar-refractivity contribution in [2.45, 2.75) is 65.0 Å². The number of hydrogen-bond donors (Lipinski definition) is 0. The van der Waals surface area contributed by atoms with Gasteiger partial charge in [0, 0.05) is 18.0 Å². The summed E-state index contributed by atoms with van der Waals surface area (Å²) in [5.74, 6) is 0.544. The molecule has 0 fully saturated rings. The summed E-state index contributed by atoms with van der Waals surface area (Å²) < 4.78 is 0. The standard InChI is InChI=1S/C23H32ClNO/c1-18-9-6-7-10-21(18)11-8-16-25(23(3,4)5)26-19(2)22-14-12-20(17-24)13-15-22/h6-7,9-10,12-15,19H,8,11,16-17H2,1-5H3. The van der Waals surface area contributed by atoms with Crippen LogP contribution in [-0.4, -0.2) is 17.1 Å². The van der Waals surface area contributed by atoms with Crippen LogP contribution in [-0.2, 0) is 17.1 Å². The molecule has 0 aliphatic rings. The molecule has 0 radical (unpaired) electrons. The van der Waals surface area contributed by atoms with Gasteiger partial charge in [0.25, 0.3) is 0 Å². The summed E-state index contributed by atoms with van der Waals surface area (Å²) in [6.45, 7) is 11.8. The third-order valence-electron chi connectivity index (χ3n) is 4.71. The SMILES string of the molecule is Cc1ccccc1CCCN(OC(C)c1ccc(CCl)cc1)C(C)(C)C. The van der Waals surface area contributed by atoms with Crippen LogP contribution in [0.4, 0.5) is 0 Å². The number of alkyl halides is 1. The molecule has 0 spiro atoms. The van der Waals surface area contributed by atoms with Crippen molar-refractivity contribution in [3.63, 3.8) is 0 Å². The molecule has 142 valence electrons. The molecule has 2 nitrogen and oxygen atoms in total. The normalized spacial score (nSPS) is 13.2. The molecule has 0 saturated heterocycles. The largest absolute Gasteiger partial charge is 0.291 e. The van der Waals surface area contributed by atoms with Gasteiger partial charge in [0.1, 0.15) is 6.10 Å². The third-order valence-corrected chi connectivity index (χ3v) is 5.01. The Kier molecular flexibility index (Phi) is 7.69. The van der Waals surface area contributed by atoms with Gasteiger partial charge in [-0.2, -0.15) is 5.06 Å². The molecule has 0 saturated carbocycles. The van der Waals surface area contributed by atoms with Crippen molar-refractivity contribution < 1.29 is 4.84 Å². The Labute approximate surface area is 164 Å². The summed E-state index contributed by atoms with van der Waals surface area (Å²) >= 11 is 5.88. The fourth-order valence-corrected chi connectivity index (χ4v) is 3.16. The molecule has 0 bridgehead atoms. The lowest BCUT2D eigenvalue weighted by Gasteiger charge is -2.36. The molecule has 0 amide bonds. The van der Waals surface area contributed by atoms with Crippen LogP contribution in [0.15, 0.2) is 48.5 Å². The van der Waals surface area contributed by atoms with E-state index in [0.29, 0.717) is 5.88 Å². The van der Waals surface area contributed by atoms with Gasteiger partial charge in [0.2, 0.25) is 0 Å². The van der Waals surface area contributed by atoms with E-state index in [-0.39, 0.29) is 11.6 Å². The summed E-state index contributed by atoms with van der Waals surface area (Å²) in [7, 11) is 0. The molecule has 2 aromatic rings. The van der Waals surface area contributed by atoms with E-state index in [0.717, 1.165) is 24.9 Å². The van der Waals surface area contributed by atoms with Crippen LogP contribution in [0, 0.1) is 6.92 Å². The Balaban J connectivity index is 1.97. The van der Waals surface area contributed by atoms with Gasteiger partial charge in [-0.3, -0.25) is 4.84 Å². The Morgan fingerprint density at radius 3 is 2.27 bits per heavy atom. The summed E-state index contributed by atoms with van der Waals surface area (Å²) in [6.07, 6.45) is 2.15. The van der Waals surface area contributed by atoms with Crippen LogP contribution in [0.3, 0.4) is 0 Å². The van der Waals surface area contributed by atoms with Gasteiger partial charge < -0.3 is 0 Å². The highest BCUT2D eigenvalue weighted by molar-refractivity contribution is 6.17. The Hall–Kier alpha value is -1.35. The highest BCUT2D eigenvalue weighted by Gasteiger charge is 2.24. The molecule has 2 rings (SSSR count). The highest BCUT2D eigenvalue weighted by atomic mass is 35.5. The maximum atomic E-state index is 6.34. The molecule has 0 aliphatic heterocycles. The van der Waals surface area contributed by atoms with E-state index in [1.807, 2.05) is 0 Å². The van der Waals surface area contributed by atoms with E-state index >= 15 is 0 Å². The molecule has 3 heteroatoms. The van der Waals surface area contributed by atoms with E-state index in [9.17, 15) is 0 Å². The molecule has 0 N–H and O–H groups in total. The second-order valence-electron chi connectivity index (χ2n) is 7.93. The first kappa shape index (κ1) is 21.0. The quantitative estimate of drug-likeness (QED) is 0.389. The van der Waals surface area contributed by atoms with Crippen LogP contribution >= 0.6 is 11.6 Å². The first-order valence-electron chi connectivity index (χ1n) is 9.45. The molecular weight excluding hydrogens is 342 g/mol. The minimum atomic E-state index is -0.0456. The van der Waals surface area contributed by atoms with E-state index in [2.05, 4.69) is 88.2 Å². The van der Waals surface area contributed by atoms with Gasteiger partial charge in [0.05, 0.1) is 0 Å². The average molecular weight is 374 g/mol. The second kappa shape index (κ2) is 9.55. The van der Waals surface area contributed by atoms with Crippen molar-refractivity contribution in [1.29, 1.82) is 0 Å². The lowest BCUT2D eigenvalue weighted by molar-refractivity contribution is -0.240. The zero-order valence-corrected chi connectivity index (χ0v) is 17.5. The molecule has 0 aromatic heterocycles. The maximum Gasteiger partial charge on any atom is 0.101 e. The monoisotopic (exact) mass is 373 g/mol. The Morgan fingerprint density at radius 1 is 1.04 bits per heavy atom. The number of hydrogen-bond acceptors (Lipinski definition) is 2. The van der Waals surface area contributed by atoms with Crippen LogP contribution in [0.1, 0.15) is 62.5 Å². The van der Waals surface area contributed by atoms with Gasteiger partial charge in [-0.15, -0.1) is 11.6 Å². The summed E-state index contributed by atoms with van der Waals surface area (Å²) in [6, 6.07) is 17.0. The van der Waals surface area contributed by atoms with Crippen molar-refractivity contribution in [2.75, 3.05) is 6.54 Å². The van der Waals surface area contributed by atoms with E-state index in [1.54, 1.807) is 0 Å². The first-order chi connectivity index (χ1) is 12.3. The maximum absolute atomic E-state index is 6.34. The van der Waals surface area contributed by atoms with Crippen LogP contribution in [0.25, 0.3) is 0 Å². The molecule has 0 heterocycles. The lowest BCUT2D eigenvalue weighted by atomic mass is 10.0. The van der Waals surface area contributed by atoms with Crippen LogP contribution in [0.2, 0.25) is 0 Å². The molecular formula is C23H32ClNO. The van der Waals surface area contributed by atoms with Crippen molar-refractivity contribution >= 4 is 11.6 Å². The predicted octanol–water partition coefficient (Wildman–Crippen LogP) is 6.46. The van der Waals surface area contributed by atoms with Gasteiger partial charge >= 0.3 is 0 Å². The summed E-state index contributed by atoms with van der Waals surface area (Å²) in [4.78, 5) is 6.34. The summed E-state index contributed by atoms with van der Waals surface area (Å²) in [5, 5.41) is 2.13. The van der Waals surface area contributed by atoms with E-state index < -0.39 is 0 Å².